The summed E-state index contributed by atoms with van der Waals surface area (Å²) in [6.45, 7) is 0. The molecule has 0 spiro atoms. The molecule has 0 aliphatic heterocycles. The van der Waals surface area contributed by atoms with Crippen molar-refractivity contribution in [1.82, 2.24) is 5.32 Å². The van der Waals surface area contributed by atoms with Gasteiger partial charge in [-0.1, -0.05) is 60.1 Å². The van der Waals surface area contributed by atoms with E-state index in [0.717, 1.165) is 5.56 Å². The summed E-state index contributed by atoms with van der Waals surface area (Å²) in [4.78, 5) is 24.5. The Kier molecular flexibility index (Phi) is 7.54. The smallest absolute Gasteiger partial charge is 0.258 e. The number of hydrogen-bond acceptors (Lipinski definition) is 3. The second-order valence-corrected chi connectivity index (χ2v) is 7.32. The third-order valence-corrected chi connectivity index (χ3v) is 4.77. The molecule has 7 heteroatoms. The van der Waals surface area contributed by atoms with Gasteiger partial charge in [0.1, 0.15) is 0 Å². The number of benzene rings is 3. The van der Waals surface area contributed by atoms with Crippen LogP contribution in [0, 0.1) is 0 Å². The Morgan fingerprint density at radius 3 is 2.23 bits per heavy atom. The van der Waals surface area contributed by atoms with Gasteiger partial charge in [-0.15, -0.1) is 0 Å². The van der Waals surface area contributed by atoms with Crippen molar-refractivity contribution in [3.05, 3.63) is 95.0 Å². The quantitative estimate of drug-likeness (QED) is 0.472. The molecule has 3 rings (SSSR count). The molecule has 0 aromatic heterocycles. The monoisotopic (exact) mass is 437 g/mol. The van der Waals surface area contributed by atoms with Crippen LogP contribution in [0.5, 0.6) is 0 Å². The highest BCUT2D eigenvalue weighted by atomic mass is 35.5. The van der Waals surface area contributed by atoms with Gasteiger partial charge < -0.3 is 10.6 Å². The summed E-state index contributed by atoms with van der Waals surface area (Å²) in [5, 5.41) is 8.88. The topological polar surface area (TPSA) is 70.2 Å². The molecule has 30 heavy (non-hydrogen) atoms. The fourth-order valence-corrected chi connectivity index (χ4v) is 3.21. The largest absolute Gasteiger partial charge is 0.332 e. The van der Waals surface area contributed by atoms with Gasteiger partial charge in [0.2, 0.25) is 5.91 Å². The Hall–Kier alpha value is -3.22. The van der Waals surface area contributed by atoms with E-state index < -0.39 is 5.91 Å². The van der Waals surface area contributed by atoms with E-state index in [4.69, 9.17) is 23.8 Å². The zero-order valence-corrected chi connectivity index (χ0v) is 17.6. The zero-order chi connectivity index (χ0) is 21.3. The molecule has 0 saturated carbocycles. The highest BCUT2D eigenvalue weighted by Crippen LogP contribution is 2.17. The van der Waals surface area contributed by atoms with E-state index in [0.29, 0.717) is 34.8 Å². The number of nitrogens with one attached hydrogen (secondary N) is 3. The maximum atomic E-state index is 12.3. The van der Waals surface area contributed by atoms with Gasteiger partial charge in [0.25, 0.3) is 5.91 Å². The molecular weight excluding hydrogens is 418 g/mol. The molecule has 0 saturated heterocycles. The average molecular weight is 438 g/mol. The molecule has 0 unspecified atom stereocenters. The molecule has 152 valence electrons. The molecule has 2 amide bonds. The van der Waals surface area contributed by atoms with E-state index in [1.807, 2.05) is 30.3 Å². The number of thiocarbonyl (C=S) groups is 1. The molecule has 0 aliphatic carbocycles. The highest BCUT2D eigenvalue weighted by Gasteiger charge is 2.11. The molecule has 5 nitrogen and oxygen atoms in total. The maximum absolute atomic E-state index is 12.3. The van der Waals surface area contributed by atoms with Crippen LogP contribution >= 0.6 is 23.8 Å². The molecule has 0 radical (unpaired) electrons. The number of aryl methyl sites for hydroxylation is 1. The summed E-state index contributed by atoms with van der Waals surface area (Å²) < 4.78 is 0. The molecule has 0 aliphatic rings. The Labute approximate surface area is 185 Å². The molecule has 0 atom stereocenters. The van der Waals surface area contributed by atoms with Gasteiger partial charge in [-0.05, 0) is 54.5 Å². The van der Waals surface area contributed by atoms with Crippen molar-refractivity contribution >= 4 is 52.1 Å². The standard InChI is InChI=1S/C23H20ClN3O2S/c24-20-12-5-4-11-19(20)22(29)27-23(30)26-18-10-6-9-17(15-18)25-21(28)14-13-16-7-2-1-3-8-16/h1-12,15H,13-14H2,(H,25,28)(H2,26,27,29,30). The number of carbonyl (C=O) groups is 2. The third-order valence-electron chi connectivity index (χ3n) is 4.23. The number of anilines is 2. The van der Waals surface area contributed by atoms with Crippen molar-refractivity contribution in [2.45, 2.75) is 12.8 Å². The Morgan fingerprint density at radius 2 is 1.50 bits per heavy atom. The summed E-state index contributed by atoms with van der Waals surface area (Å²) in [7, 11) is 0. The predicted octanol–water partition coefficient (Wildman–Crippen LogP) is 5.04. The third kappa shape index (κ3) is 6.40. The molecule has 3 N–H and O–H groups in total. The Balaban J connectivity index is 1.53. The summed E-state index contributed by atoms with van der Waals surface area (Å²) in [5.41, 5.74) is 2.73. The van der Waals surface area contributed by atoms with Crippen molar-refractivity contribution in [1.29, 1.82) is 0 Å². The Morgan fingerprint density at radius 1 is 0.833 bits per heavy atom. The average Bonchev–Trinajstić information content (AvgIpc) is 2.73. The minimum absolute atomic E-state index is 0.0781. The van der Waals surface area contributed by atoms with Gasteiger partial charge >= 0.3 is 0 Å². The van der Waals surface area contributed by atoms with Crippen molar-refractivity contribution in [2.75, 3.05) is 10.6 Å². The molecule has 3 aromatic carbocycles. The molecule has 0 heterocycles. The van der Waals surface area contributed by atoms with Gasteiger partial charge in [0.15, 0.2) is 5.11 Å². The zero-order valence-electron chi connectivity index (χ0n) is 16.0. The Bertz CT molecular complexity index is 1060. The maximum Gasteiger partial charge on any atom is 0.258 e. The van der Waals surface area contributed by atoms with Crippen LogP contribution in [0.15, 0.2) is 78.9 Å². The van der Waals surface area contributed by atoms with Gasteiger partial charge in [-0.25, -0.2) is 0 Å². The van der Waals surface area contributed by atoms with E-state index in [-0.39, 0.29) is 11.0 Å². The van der Waals surface area contributed by atoms with Crippen molar-refractivity contribution in [3.63, 3.8) is 0 Å². The minimum Gasteiger partial charge on any atom is -0.332 e. The first kappa shape index (κ1) is 21.5. The van der Waals surface area contributed by atoms with Crippen LogP contribution in [0.2, 0.25) is 5.02 Å². The van der Waals surface area contributed by atoms with E-state index in [9.17, 15) is 9.59 Å². The van der Waals surface area contributed by atoms with Crippen molar-refractivity contribution < 1.29 is 9.59 Å². The van der Waals surface area contributed by atoms with Gasteiger partial charge in [0, 0.05) is 17.8 Å². The number of hydrogen-bond donors (Lipinski definition) is 3. The summed E-state index contributed by atoms with van der Waals surface area (Å²) in [5.74, 6) is -0.478. The first-order valence-corrected chi connectivity index (χ1v) is 10.1. The van der Waals surface area contributed by atoms with Crippen LogP contribution in [0.25, 0.3) is 0 Å². The van der Waals surface area contributed by atoms with E-state index in [1.165, 1.54) is 0 Å². The molecule has 0 fully saturated rings. The van der Waals surface area contributed by atoms with E-state index >= 15 is 0 Å². The molecule has 0 bridgehead atoms. The lowest BCUT2D eigenvalue weighted by Crippen LogP contribution is -2.34. The second kappa shape index (κ2) is 10.5. The number of rotatable bonds is 6. The molecular formula is C23H20ClN3O2S. The second-order valence-electron chi connectivity index (χ2n) is 6.50. The normalized spacial score (nSPS) is 10.2. The van der Waals surface area contributed by atoms with Crippen LogP contribution in [0.4, 0.5) is 11.4 Å². The minimum atomic E-state index is -0.400. The van der Waals surface area contributed by atoms with Gasteiger partial charge in [-0.3, -0.25) is 14.9 Å². The fourth-order valence-electron chi connectivity index (χ4n) is 2.78. The first-order valence-electron chi connectivity index (χ1n) is 9.32. The van der Waals surface area contributed by atoms with Crippen LogP contribution in [-0.4, -0.2) is 16.9 Å². The molecule has 3 aromatic rings. The number of amides is 2. The predicted molar refractivity (Wildman–Crippen MR) is 125 cm³/mol. The first-order chi connectivity index (χ1) is 14.5. The summed E-state index contributed by atoms with van der Waals surface area (Å²) in [6, 6.07) is 23.7. The SMILES string of the molecule is O=C(CCc1ccccc1)Nc1cccc(NC(=S)NC(=O)c2ccccc2Cl)c1. The van der Waals surface area contributed by atoms with Gasteiger partial charge in [-0.2, -0.15) is 0 Å². The lowest BCUT2D eigenvalue weighted by molar-refractivity contribution is -0.116. The van der Waals surface area contributed by atoms with Crippen molar-refractivity contribution in [3.8, 4) is 0 Å². The highest BCUT2D eigenvalue weighted by molar-refractivity contribution is 7.80. The van der Waals surface area contributed by atoms with Crippen LogP contribution in [0.3, 0.4) is 0 Å². The van der Waals surface area contributed by atoms with Crippen LogP contribution in [-0.2, 0) is 11.2 Å². The van der Waals surface area contributed by atoms with E-state index in [2.05, 4.69) is 16.0 Å². The van der Waals surface area contributed by atoms with Gasteiger partial charge in [0.05, 0.1) is 10.6 Å². The summed E-state index contributed by atoms with van der Waals surface area (Å²) in [6.07, 6.45) is 1.05. The fraction of sp³-hybridized carbons (Fsp3) is 0.0870. The lowest BCUT2D eigenvalue weighted by Gasteiger charge is -2.12. The van der Waals surface area contributed by atoms with Crippen LogP contribution in [0.1, 0.15) is 22.3 Å². The number of carbonyl (C=O) groups excluding carboxylic acids is 2. The lowest BCUT2D eigenvalue weighted by atomic mass is 10.1. The number of halogens is 1. The van der Waals surface area contributed by atoms with E-state index in [1.54, 1.807) is 48.5 Å². The summed E-state index contributed by atoms with van der Waals surface area (Å²) >= 11 is 11.2. The van der Waals surface area contributed by atoms with Crippen LogP contribution < -0.4 is 16.0 Å². The van der Waals surface area contributed by atoms with Crippen molar-refractivity contribution in [2.24, 2.45) is 0 Å².